The molecule has 3 heterocycles. The average Bonchev–Trinajstić information content (AvgIpc) is 3.04. The smallest absolute Gasteiger partial charge is 0.387 e. The van der Waals surface area contributed by atoms with Crippen molar-refractivity contribution in [3.05, 3.63) is 28.1 Å². The summed E-state index contributed by atoms with van der Waals surface area (Å²) in [4.78, 5) is 14.7. The van der Waals surface area contributed by atoms with Gasteiger partial charge in [0, 0.05) is 26.2 Å². The van der Waals surface area contributed by atoms with Crippen LogP contribution in [-0.2, 0) is 16.7 Å². The molecule has 0 aromatic carbocycles. The molecule has 23 heavy (non-hydrogen) atoms. The highest BCUT2D eigenvalue weighted by atomic mass is 32.2. The summed E-state index contributed by atoms with van der Waals surface area (Å²) in [5.74, 6) is -0.185. The first-order valence-electron chi connectivity index (χ1n) is 7.23. The molecule has 1 aliphatic rings. The van der Waals surface area contributed by atoms with Gasteiger partial charge in [-0.25, -0.2) is 17.5 Å². The van der Waals surface area contributed by atoms with Crippen molar-refractivity contribution in [1.82, 2.24) is 19.0 Å². The van der Waals surface area contributed by atoms with Crippen LogP contribution in [0.25, 0.3) is 10.8 Å². The van der Waals surface area contributed by atoms with Gasteiger partial charge in [-0.05, 0) is 17.9 Å². The van der Waals surface area contributed by atoms with Gasteiger partial charge in [0.25, 0.3) is 5.89 Å². The van der Waals surface area contributed by atoms with E-state index in [-0.39, 0.29) is 0 Å². The van der Waals surface area contributed by atoms with E-state index in [1.54, 1.807) is 0 Å². The second-order valence-electron chi connectivity index (χ2n) is 5.43. The number of nitrogens with zero attached hydrogens (tertiary/aromatic N) is 4. The Balaban J connectivity index is 1.69. The number of aromatic nitrogens is 2. The Labute approximate surface area is 138 Å². The Bertz CT molecular complexity index is 809. The minimum absolute atomic E-state index is 0.297. The molecule has 2 aromatic heterocycles. The van der Waals surface area contributed by atoms with Gasteiger partial charge in [-0.2, -0.15) is 4.68 Å². The van der Waals surface area contributed by atoms with E-state index in [1.807, 2.05) is 22.4 Å². The van der Waals surface area contributed by atoms with Crippen LogP contribution in [0.2, 0.25) is 0 Å². The molecule has 126 valence electrons. The summed E-state index contributed by atoms with van der Waals surface area (Å²) in [6.07, 6.45) is 1.94. The molecule has 0 amide bonds. The lowest BCUT2D eigenvalue weighted by atomic mass is 10.4. The third-order valence-corrected chi connectivity index (χ3v) is 5.85. The Morgan fingerprint density at radius 2 is 2.13 bits per heavy atom. The van der Waals surface area contributed by atoms with Gasteiger partial charge in [0.15, 0.2) is 0 Å². The molecule has 0 aliphatic carbocycles. The van der Waals surface area contributed by atoms with E-state index < -0.39 is 15.8 Å². The normalized spacial score (nSPS) is 18.1. The fourth-order valence-corrected chi connectivity index (χ4v) is 4.02. The molecule has 0 spiro atoms. The van der Waals surface area contributed by atoms with Crippen LogP contribution >= 0.6 is 11.3 Å². The maximum absolute atomic E-state index is 11.9. The van der Waals surface area contributed by atoms with Crippen LogP contribution in [0.4, 0.5) is 0 Å². The van der Waals surface area contributed by atoms with Crippen LogP contribution in [0.1, 0.15) is 6.42 Å². The minimum atomic E-state index is -3.17. The van der Waals surface area contributed by atoms with Gasteiger partial charge in [0.1, 0.15) is 6.67 Å². The van der Waals surface area contributed by atoms with Crippen molar-refractivity contribution in [1.29, 1.82) is 0 Å². The molecule has 0 saturated carbocycles. The van der Waals surface area contributed by atoms with E-state index in [4.69, 9.17) is 4.42 Å². The van der Waals surface area contributed by atoms with E-state index in [1.165, 1.54) is 26.6 Å². The van der Waals surface area contributed by atoms with E-state index in [0.717, 1.165) is 11.3 Å². The molecule has 0 radical (unpaired) electrons. The van der Waals surface area contributed by atoms with Gasteiger partial charge in [-0.3, -0.25) is 4.90 Å². The zero-order valence-corrected chi connectivity index (χ0v) is 14.3. The monoisotopic (exact) mass is 358 g/mol. The first-order valence-corrected chi connectivity index (χ1v) is 9.95. The summed E-state index contributed by atoms with van der Waals surface area (Å²) < 4.78 is 31.2. The van der Waals surface area contributed by atoms with Gasteiger partial charge in [0.2, 0.25) is 10.0 Å². The predicted octanol–water partition coefficient (Wildman–Crippen LogP) is 0.490. The van der Waals surface area contributed by atoms with Gasteiger partial charge >= 0.3 is 5.76 Å². The van der Waals surface area contributed by atoms with E-state index in [0.29, 0.717) is 38.7 Å². The molecule has 0 atom stereocenters. The molecule has 1 aliphatic heterocycles. The average molecular weight is 358 g/mol. The first kappa shape index (κ1) is 16.4. The Morgan fingerprint density at radius 1 is 1.30 bits per heavy atom. The summed E-state index contributed by atoms with van der Waals surface area (Å²) in [5.41, 5.74) is 0. The second-order valence-corrected chi connectivity index (χ2v) is 8.36. The van der Waals surface area contributed by atoms with Gasteiger partial charge in [-0.15, -0.1) is 16.4 Å². The predicted molar refractivity (Wildman–Crippen MR) is 86.7 cm³/mol. The Morgan fingerprint density at radius 3 is 2.83 bits per heavy atom. The number of hydrogen-bond acceptors (Lipinski definition) is 7. The standard InChI is InChI=1S/C13H18N4O4S2/c1-23(19,20)16-6-3-5-15(7-8-16)10-17-13(18)21-12(14-17)11-4-2-9-22-11/h2,4,9H,3,5-8,10H2,1H3. The molecule has 0 bridgehead atoms. The molecule has 0 unspecified atom stereocenters. The summed E-state index contributed by atoms with van der Waals surface area (Å²) in [6.45, 7) is 2.48. The van der Waals surface area contributed by atoms with Gasteiger partial charge < -0.3 is 4.42 Å². The molecule has 0 N–H and O–H groups in total. The summed E-state index contributed by atoms with van der Waals surface area (Å²) in [5, 5.41) is 6.11. The highest BCUT2D eigenvalue weighted by molar-refractivity contribution is 7.88. The summed E-state index contributed by atoms with van der Waals surface area (Å²) >= 11 is 1.46. The fraction of sp³-hybridized carbons (Fsp3) is 0.538. The van der Waals surface area contributed by atoms with Crippen molar-refractivity contribution < 1.29 is 12.8 Å². The highest BCUT2D eigenvalue weighted by Crippen LogP contribution is 2.21. The van der Waals surface area contributed by atoms with Crippen molar-refractivity contribution >= 4 is 21.4 Å². The maximum Gasteiger partial charge on any atom is 0.438 e. The third kappa shape index (κ3) is 3.89. The summed E-state index contributed by atoms with van der Waals surface area (Å²) in [6, 6.07) is 3.71. The SMILES string of the molecule is CS(=O)(=O)N1CCCN(Cn2nc(-c3cccs3)oc2=O)CC1. The molecular weight excluding hydrogens is 340 g/mol. The highest BCUT2D eigenvalue weighted by Gasteiger charge is 2.22. The molecule has 1 fully saturated rings. The number of sulfonamides is 1. The van der Waals surface area contributed by atoms with E-state index in [2.05, 4.69) is 5.10 Å². The third-order valence-electron chi connectivity index (χ3n) is 3.69. The van der Waals surface area contributed by atoms with Crippen LogP contribution in [0.3, 0.4) is 0 Å². The maximum atomic E-state index is 11.9. The number of rotatable bonds is 4. The van der Waals surface area contributed by atoms with Crippen LogP contribution < -0.4 is 5.76 Å². The van der Waals surface area contributed by atoms with Crippen molar-refractivity contribution in [2.45, 2.75) is 13.1 Å². The van der Waals surface area contributed by atoms with E-state index >= 15 is 0 Å². The number of hydrogen-bond donors (Lipinski definition) is 0. The van der Waals surface area contributed by atoms with Crippen molar-refractivity contribution in [3.63, 3.8) is 0 Å². The molecular formula is C13H18N4O4S2. The minimum Gasteiger partial charge on any atom is -0.387 e. The van der Waals surface area contributed by atoms with Crippen LogP contribution in [-0.4, -0.2) is 59.8 Å². The lowest BCUT2D eigenvalue weighted by molar-refractivity contribution is 0.210. The zero-order chi connectivity index (χ0) is 16.4. The van der Waals surface area contributed by atoms with E-state index in [9.17, 15) is 13.2 Å². The quantitative estimate of drug-likeness (QED) is 0.790. The van der Waals surface area contributed by atoms with Crippen LogP contribution in [0.5, 0.6) is 0 Å². The van der Waals surface area contributed by atoms with Crippen molar-refractivity contribution in [2.24, 2.45) is 0 Å². The van der Waals surface area contributed by atoms with Gasteiger partial charge in [-0.1, -0.05) is 6.07 Å². The van der Waals surface area contributed by atoms with Gasteiger partial charge in [0.05, 0.1) is 11.1 Å². The lowest BCUT2D eigenvalue weighted by Crippen LogP contribution is -2.36. The van der Waals surface area contributed by atoms with Crippen LogP contribution in [0.15, 0.2) is 26.7 Å². The Hall–Kier alpha value is -1.49. The van der Waals surface area contributed by atoms with Crippen molar-refractivity contribution in [2.75, 3.05) is 32.4 Å². The number of thiophene rings is 1. The molecule has 3 rings (SSSR count). The summed E-state index contributed by atoms with van der Waals surface area (Å²) in [7, 11) is -3.17. The molecule has 8 nitrogen and oxygen atoms in total. The van der Waals surface area contributed by atoms with Crippen LogP contribution in [0, 0.1) is 0 Å². The zero-order valence-electron chi connectivity index (χ0n) is 12.7. The molecule has 10 heteroatoms. The largest absolute Gasteiger partial charge is 0.438 e. The lowest BCUT2D eigenvalue weighted by Gasteiger charge is -2.19. The molecule has 1 saturated heterocycles. The fourth-order valence-electron chi connectivity index (χ4n) is 2.51. The molecule has 2 aromatic rings. The first-order chi connectivity index (χ1) is 10.9. The topological polar surface area (TPSA) is 88.7 Å². The Kier molecular flexibility index (Phi) is 4.67. The van der Waals surface area contributed by atoms with Crippen molar-refractivity contribution in [3.8, 4) is 10.8 Å². The second kappa shape index (κ2) is 6.56.